The van der Waals surface area contributed by atoms with E-state index in [-0.39, 0.29) is 5.41 Å². The Morgan fingerprint density at radius 1 is 0.800 bits per heavy atom. The van der Waals surface area contributed by atoms with Gasteiger partial charge in [-0.05, 0) is 6.42 Å². The average molecular weight is 274 g/mol. The molecule has 3 heteroatoms. The quantitative estimate of drug-likeness (QED) is 0.386. The zero-order valence-electron chi connectivity index (χ0n) is 10.1. The zero-order valence-corrected chi connectivity index (χ0v) is 12.4. The van der Waals surface area contributed by atoms with Gasteiger partial charge >= 0.3 is 0 Å². The molecule has 0 aliphatic heterocycles. The first-order valence-corrected chi connectivity index (χ1v) is 7.01. The second-order valence-electron chi connectivity index (χ2n) is 4.90. The van der Waals surface area contributed by atoms with Gasteiger partial charge in [0.05, 0.1) is 0 Å². The van der Waals surface area contributed by atoms with Crippen LogP contribution in [0.3, 0.4) is 0 Å². The van der Waals surface area contributed by atoms with Crippen molar-refractivity contribution in [2.75, 3.05) is 0 Å². The van der Waals surface area contributed by atoms with Crippen LogP contribution in [0.1, 0.15) is 65.7 Å². The van der Waals surface area contributed by atoms with E-state index in [4.69, 9.17) is 34.8 Å². The molecule has 92 valence electrons. The van der Waals surface area contributed by atoms with E-state index in [1.165, 1.54) is 32.1 Å². The molecule has 0 atom stereocenters. The Morgan fingerprint density at radius 2 is 1.27 bits per heavy atom. The third kappa shape index (κ3) is 6.92. The molecule has 0 N–H and O–H groups in total. The van der Waals surface area contributed by atoms with E-state index in [0.717, 1.165) is 12.8 Å². The van der Waals surface area contributed by atoms with Crippen LogP contribution in [-0.4, -0.2) is 3.79 Å². The highest BCUT2D eigenvalue weighted by molar-refractivity contribution is 6.68. The van der Waals surface area contributed by atoms with Crippen molar-refractivity contribution in [3.05, 3.63) is 0 Å². The van der Waals surface area contributed by atoms with Crippen molar-refractivity contribution in [3.63, 3.8) is 0 Å². The number of halogens is 3. The van der Waals surface area contributed by atoms with Crippen LogP contribution in [0, 0.1) is 5.41 Å². The summed E-state index contributed by atoms with van der Waals surface area (Å²) >= 11 is 17.8. The summed E-state index contributed by atoms with van der Waals surface area (Å²) in [5, 5.41) is 0. The molecule has 0 aromatic rings. The number of alkyl halides is 3. The van der Waals surface area contributed by atoms with E-state index < -0.39 is 3.79 Å². The van der Waals surface area contributed by atoms with Crippen LogP contribution in [0.25, 0.3) is 0 Å². The van der Waals surface area contributed by atoms with Crippen LogP contribution < -0.4 is 0 Å². The second-order valence-corrected chi connectivity index (χ2v) is 7.18. The predicted molar refractivity (Wildman–Crippen MR) is 72.1 cm³/mol. The van der Waals surface area contributed by atoms with Gasteiger partial charge in [-0.2, -0.15) is 0 Å². The Bertz CT molecular complexity index is 159. The first-order chi connectivity index (χ1) is 6.81. The summed E-state index contributed by atoms with van der Waals surface area (Å²) < 4.78 is -1.14. The van der Waals surface area contributed by atoms with Crippen molar-refractivity contribution in [3.8, 4) is 0 Å². The topological polar surface area (TPSA) is 0 Å². The molecule has 0 nitrogen and oxygen atoms in total. The van der Waals surface area contributed by atoms with E-state index in [1.54, 1.807) is 0 Å². The molecule has 0 unspecified atom stereocenters. The molecule has 0 aliphatic carbocycles. The molecular weight excluding hydrogens is 250 g/mol. The monoisotopic (exact) mass is 272 g/mol. The Labute approximate surface area is 110 Å². The molecule has 0 aliphatic rings. The molecule has 0 rings (SSSR count). The molecule has 0 heterocycles. The van der Waals surface area contributed by atoms with Gasteiger partial charge in [0.25, 0.3) is 0 Å². The highest BCUT2D eigenvalue weighted by Gasteiger charge is 2.39. The van der Waals surface area contributed by atoms with Crippen LogP contribution in [0.4, 0.5) is 0 Å². The van der Waals surface area contributed by atoms with E-state index in [1.807, 2.05) is 13.8 Å². The lowest BCUT2D eigenvalue weighted by atomic mass is 9.88. The van der Waals surface area contributed by atoms with E-state index >= 15 is 0 Å². The maximum atomic E-state index is 5.92. The Balaban J connectivity index is 3.58. The predicted octanol–water partition coefficient (Wildman–Crippen LogP) is 6.13. The Morgan fingerprint density at radius 3 is 1.73 bits per heavy atom. The molecule has 0 saturated carbocycles. The molecule has 0 spiro atoms. The highest BCUT2D eigenvalue weighted by Crippen LogP contribution is 2.47. The third-order valence-electron chi connectivity index (χ3n) is 2.92. The maximum absolute atomic E-state index is 5.92. The van der Waals surface area contributed by atoms with Crippen molar-refractivity contribution < 1.29 is 0 Å². The fraction of sp³-hybridized carbons (Fsp3) is 1.00. The fourth-order valence-corrected chi connectivity index (χ4v) is 1.77. The minimum Gasteiger partial charge on any atom is -0.0831 e. The van der Waals surface area contributed by atoms with Gasteiger partial charge in [-0.25, -0.2) is 0 Å². The summed E-state index contributed by atoms with van der Waals surface area (Å²) in [4.78, 5) is 0. The standard InChI is InChI=1S/C12H23Cl3/c1-4-5-6-7-8-9-10-11(2,3)12(13,14)15/h4-10H2,1-3H3. The summed E-state index contributed by atoms with van der Waals surface area (Å²) in [5.41, 5.74) is -0.220. The lowest BCUT2D eigenvalue weighted by Crippen LogP contribution is -2.28. The summed E-state index contributed by atoms with van der Waals surface area (Å²) in [6.07, 6.45) is 8.67. The van der Waals surface area contributed by atoms with E-state index in [9.17, 15) is 0 Å². The van der Waals surface area contributed by atoms with Gasteiger partial charge < -0.3 is 0 Å². The lowest BCUT2D eigenvalue weighted by molar-refractivity contribution is 0.325. The van der Waals surface area contributed by atoms with Crippen LogP contribution in [0.2, 0.25) is 0 Å². The van der Waals surface area contributed by atoms with Gasteiger partial charge in [-0.15, -0.1) is 0 Å². The van der Waals surface area contributed by atoms with Gasteiger partial charge in [-0.1, -0.05) is 94.1 Å². The first-order valence-electron chi connectivity index (χ1n) is 5.88. The number of hydrogen-bond donors (Lipinski definition) is 0. The van der Waals surface area contributed by atoms with Gasteiger partial charge in [0, 0.05) is 5.41 Å². The van der Waals surface area contributed by atoms with Crippen molar-refractivity contribution in [1.82, 2.24) is 0 Å². The third-order valence-corrected chi connectivity index (χ3v) is 4.46. The van der Waals surface area contributed by atoms with Crippen molar-refractivity contribution in [2.24, 2.45) is 5.41 Å². The summed E-state index contributed by atoms with van der Waals surface area (Å²) in [6.45, 7) is 6.27. The van der Waals surface area contributed by atoms with Gasteiger partial charge in [0.15, 0.2) is 3.79 Å². The normalized spacial score (nSPS) is 13.2. The molecule has 0 bridgehead atoms. The van der Waals surface area contributed by atoms with Crippen LogP contribution in [0.5, 0.6) is 0 Å². The van der Waals surface area contributed by atoms with Crippen LogP contribution in [0.15, 0.2) is 0 Å². The average Bonchev–Trinajstić information content (AvgIpc) is 2.09. The van der Waals surface area contributed by atoms with Crippen molar-refractivity contribution >= 4 is 34.8 Å². The minimum absolute atomic E-state index is 0.220. The molecule has 0 radical (unpaired) electrons. The summed E-state index contributed by atoms with van der Waals surface area (Å²) in [5.74, 6) is 0. The second kappa shape index (κ2) is 7.25. The molecule has 0 fully saturated rings. The van der Waals surface area contributed by atoms with Crippen molar-refractivity contribution in [2.45, 2.75) is 69.5 Å². The van der Waals surface area contributed by atoms with Gasteiger partial charge in [-0.3, -0.25) is 0 Å². The van der Waals surface area contributed by atoms with Crippen LogP contribution >= 0.6 is 34.8 Å². The number of unbranched alkanes of at least 4 members (excludes halogenated alkanes) is 5. The summed E-state index contributed by atoms with van der Waals surface area (Å²) in [7, 11) is 0. The van der Waals surface area contributed by atoms with Crippen LogP contribution in [-0.2, 0) is 0 Å². The molecule has 15 heavy (non-hydrogen) atoms. The number of rotatable bonds is 7. The first kappa shape index (κ1) is 15.9. The summed E-state index contributed by atoms with van der Waals surface area (Å²) in [6, 6.07) is 0. The largest absolute Gasteiger partial charge is 0.195 e. The molecule has 0 aromatic heterocycles. The molecular formula is C12H23Cl3. The highest BCUT2D eigenvalue weighted by atomic mass is 35.6. The smallest absolute Gasteiger partial charge is 0.0831 e. The van der Waals surface area contributed by atoms with Gasteiger partial charge in [0.2, 0.25) is 0 Å². The molecule has 0 saturated heterocycles. The fourth-order valence-electron chi connectivity index (χ4n) is 1.49. The maximum Gasteiger partial charge on any atom is 0.195 e. The zero-order chi connectivity index (χ0) is 11.9. The Kier molecular flexibility index (Phi) is 7.67. The van der Waals surface area contributed by atoms with Gasteiger partial charge in [0.1, 0.15) is 0 Å². The number of hydrogen-bond acceptors (Lipinski definition) is 0. The van der Waals surface area contributed by atoms with E-state index in [2.05, 4.69) is 6.92 Å². The van der Waals surface area contributed by atoms with E-state index in [0.29, 0.717) is 0 Å². The van der Waals surface area contributed by atoms with Crippen molar-refractivity contribution in [1.29, 1.82) is 0 Å². The Hall–Kier alpha value is 0.870. The minimum atomic E-state index is -1.14. The SMILES string of the molecule is CCCCCCCCC(C)(C)C(Cl)(Cl)Cl. The molecule has 0 aromatic carbocycles. The molecule has 0 amide bonds. The lowest BCUT2D eigenvalue weighted by Gasteiger charge is -2.32.